The maximum atomic E-state index is 2.48. The van der Waals surface area contributed by atoms with Crippen LogP contribution in [0.5, 0.6) is 0 Å². The molecule has 0 saturated carbocycles. The van der Waals surface area contributed by atoms with Crippen LogP contribution in [-0.4, -0.2) is 14.7 Å². The zero-order chi connectivity index (χ0) is 12.8. The minimum absolute atomic E-state index is 0.313. The number of hydrogen-bond acceptors (Lipinski definition) is 0. The zero-order valence-electron chi connectivity index (χ0n) is 12.6. The number of unbranched alkanes of at least 4 members (excludes halogenated alkanes) is 11. The SMILES string of the molecule is CCCCCCCCCCCCCC[As](C)C. The molecule has 0 aromatic carbocycles. The van der Waals surface area contributed by atoms with Crippen molar-refractivity contribution in [2.24, 2.45) is 0 Å². The summed E-state index contributed by atoms with van der Waals surface area (Å²) < 4.78 is 0. The fraction of sp³-hybridized carbons (Fsp3) is 1.00. The Labute approximate surface area is 115 Å². The first-order valence-electron chi connectivity index (χ1n) is 7.92. The first kappa shape index (κ1) is 17.6. The van der Waals surface area contributed by atoms with Gasteiger partial charge in [-0.25, -0.2) is 0 Å². The van der Waals surface area contributed by atoms with Gasteiger partial charge in [-0.05, 0) is 0 Å². The summed E-state index contributed by atoms with van der Waals surface area (Å²) >= 11 is -0.313. The van der Waals surface area contributed by atoms with Gasteiger partial charge in [-0.2, -0.15) is 0 Å². The van der Waals surface area contributed by atoms with E-state index in [1.165, 1.54) is 77.0 Å². The van der Waals surface area contributed by atoms with Crippen LogP contribution in [0.4, 0.5) is 0 Å². The van der Waals surface area contributed by atoms with E-state index in [1.54, 1.807) is 5.21 Å². The Morgan fingerprint density at radius 3 is 1.24 bits per heavy atom. The van der Waals surface area contributed by atoms with E-state index in [1.807, 2.05) is 0 Å². The average molecular weight is 302 g/mol. The van der Waals surface area contributed by atoms with Gasteiger partial charge < -0.3 is 0 Å². The molecule has 0 bridgehead atoms. The maximum absolute atomic E-state index is 2.48. The van der Waals surface area contributed by atoms with Gasteiger partial charge in [0.2, 0.25) is 0 Å². The third-order valence-electron chi connectivity index (χ3n) is 3.46. The normalized spacial score (nSPS) is 11.3. The molecule has 17 heavy (non-hydrogen) atoms. The Kier molecular flexibility index (Phi) is 15.1. The molecule has 0 aromatic heterocycles. The van der Waals surface area contributed by atoms with Crippen LogP contribution >= 0.6 is 0 Å². The van der Waals surface area contributed by atoms with E-state index in [4.69, 9.17) is 0 Å². The predicted molar refractivity (Wildman–Crippen MR) is 83.4 cm³/mol. The van der Waals surface area contributed by atoms with Crippen molar-refractivity contribution >= 4 is 14.7 Å². The van der Waals surface area contributed by atoms with Crippen LogP contribution in [0.25, 0.3) is 0 Å². The fourth-order valence-corrected chi connectivity index (χ4v) is 4.07. The third-order valence-corrected chi connectivity index (χ3v) is 6.00. The Balaban J connectivity index is 2.89. The summed E-state index contributed by atoms with van der Waals surface area (Å²) in [4.78, 5) is 0. The van der Waals surface area contributed by atoms with Crippen LogP contribution in [0.15, 0.2) is 0 Å². The van der Waals surface area contributed by atoms with E-state index in [2.05, 4.69) is 18.3 Å². The molecule has 0 unspecified atom stereocenters. The van der Waals surface area contributed by atoms with Crippen LogP contribution < -0.4 is 0 Å². The molecule has 0 aromatic rings. The van der Waals surface area contributed by atoms with E-state index in [0.717, 1.165) is 0 Å². The van der Waals surface area contributed by atoms with Crippen LogP contribution in [0.1, 0.15) is 84.0 Å². The molecule has 0 spiro atoms. The van der Waals surface area contributed by atoms with Crippen molar-refractivity contribution in [1.82, 2.24) is 0 Å². The van der Waals surface area contributed by atoms with Crippen LogP contribution in [0.2, 0.25) is 16.6 Å². The third kappa shape index (κ3) is 16.6. The molecule has 0 fully saturated rings. The Bertz CT molecular complexity index is 131. The molecule has 0 heterocycles. The summed E-state index contributed by atoms with van der Waals surface area (Å²) in [6, 6.07) is 0. The summed E-state index contributed by atoms with van der Waals surface area (Å²) in [6.45, 7) is 2.29. The minimum atomic E-state index is -0.313. The summed E-state index contributed by atoms with van der Waals surface area (Å²) in [5.41, 5.74) is 4.96. The molecule has 0 atom stereocenters. The molecule has 0 nitrogen and oxygen atoms in total. The van der Waals surface area contributed by atoms with Crippen molar-refractivity contribution in [3.63, 3.8) is 0 Å². The van der Waals surface area contributed by atoms with Crippen molar-refractivity contribution in [2.75, 3.05) is 0 Å². The molecule has 0 rings (SSSR count). The second-order valence-corrected chi connectivity index (χ2v) is 11.2. The molecule has 104 valence electrons. The average Bonchev–Trinajstić information content (AvgIpc) is 2.30. The second-order valence-electron chi connectivity index (χ2n) is 5.69. The van der Waals surface area contributed by atoms with Gasteiger partial charge in [-0.1, -0.05) is 13.3 Å². The molecule has 0 saturated heterocycles. The van der Waals surface area contributed by atoms with Gasteiger partial charge in [0.1, 0.15) is 0 Å². The monoisotopic (exact) mass is 302 g/mol. The van der Waals surface area contributed by atoms with Gasteiger partial charge in [-0.15, -0.1) is 0 Å². The van der Waals surface area contributed by atoms with Crippen molar-refractivity contribution in [3.8, 4) is 0 Å². The van der Waals surface area contributed by atoms with Gasteiger partial charge in [0, 0.05) is 0 Å². The van der Waals surface area contributed by atoms with E-state index >= 15 is 0 Å². The van der Waals surface area contributed by atoms with E-state index in [9.17, 15) is 0 Å². The Morgan fingerprint density at radius 1 is 0.529 bits per heavy atom. The quantitative estimate of drug-likeness (QED) is 0.271. The Morgan fingerprint density at radius 2 is 0.882 bits per heavy atom. The van der Waals surface area contributed by atoms with E-state index in [-0.39, 0.29) is 14.7 Å². The van der Waals surface area contributed by atoms with Crippen molar-refractivity contribution in [3.05, 3.63) is 0 Å². The van der Waals surface area contributed by atoms with E-state index in [0.29, 0.717) is 0 Å². The zero-order valence-corrected chi connectivity index (χ0v) is 14.5. The van der Waals surface area contributed by atoms with Crippen LogP contribution in [0, 0.1) is 0 Å². The topological polar surface area (TPSA) is 0 Å². The van der Waals surface area contributed by atoms with E-state index < -0.39 is 0 Å². The summed E-state index contributed by atoms with van der Waals surface area (Å²) in [5.74, 6) is 0. The molecular weight excluding hydrogens is 267 g/mol. The number of rotatable bonds is 13. The molecule has 0 amide bonds. The van der Waals surface area contributed by atoms with Crippen LogP contribution in [-0.2, 0) is 0 Å². The molecule has 1 heteroatoms. The molecule has 0 aliphatic rings. The molecular formula is C16H35As. The standard InChI is InChI=1S/C16H35As/c1-4-5-6-7-8-9-10-11-12-13-14-15-16-17(2)3/h4-16H2,1-3H3. The fourth-order valence-electron chi connectivity index (χ4n) is 2.27. The molecule has 0 radical (unpaired) electrons. The Hall–Kier alpha value is 0.558. The van der Waals surface area contributed by atoms with Gasteiger partial charge >= 0.3 is 102 Å². The molecule has 0 aliphatic carbocycles. The summed E-state index contributed by atoms with van der Waals surface area (Å²) in [5, 5.41) is 1.57. The van der Waals surface area contributed by atoms with Crippen molar-refractivity contribution in [2.45, 2.75) is 101 Å². The second kappa shape index (κ2) is 14.6. The van der Waals surface area contributed by atoms with Crippen LogP contribution in [0.3, 0.4) is 0 Å². The first-order valence-corrected chi connectivity index (χ1v) is 13.0. The van der Waals surface area contributed by atoms with Crippen molar-refractivity contribution < 1.29 is 0 Å². The summed E-state index contributed by atoms with van der Waals surface area (Å²) in [7, 11) is 0. The van der Waals surface area contributed by atoms with Gasteiger partial charge in [0.15, 0.2) is 0 Å². The first-order chi connectivity index (χ1) is 8.27. The van der Waals surface area contributed by atoms with Gasteiger partial charge in [0.05, 0.1) is 0 Å². The molecule has 0 aliphatic heterocycles. The van der Waals surface area contributed by atoms with Gasteiger partial charge in [0.25, 0.3) is 0 Å². The predicted octanol–water partition coefficient (Wildman–Crippen LogP) is 6.44. The molecule has 0 N–H and O–H groups in total. The van der Waals surface area contributed by atoms with Gasteiger partial charge in [-0.3, -0.25) is 0 Å². The number of hydrogen-bond donors (Lipinski definition) is 0. The van der Waals surface area contributed by atoms with Crippen molar-refractivity contribution in [1.29, 1.82) is 0 Å². The summed E-state index contributed by atoms with van der Waals surface area (Å²) in [6.07, 6.45) is 17.7.